The SMILES string of the molecule is CC(S)CCC(=O)OCC1(COC(=O)CCC(C)S)CCCCC1. The Kier molecular flexibility index (Phi) is 10.2. The number of hydrogen-bond donors (Lipinski definition) is 2. The molecule has 2 unspecified atom stereocenters. The van der Waals surface area contributed by atoms with Gasteiger partial charge >= 0.3 is 11.9 Å². The summed E-state index contributed by atoms with van der Waals surface area (Å²) in [5, 5.41) is 0.382. The molecule has 1 aliphatic rings. The molecule has 6 heteroatoms. The Hall–Kier alpha value is -0.360. The number of esters is 2. The normalized spacial score (nSPS) is 19.3. The maximum absolute atomic E-state index is 11.9. The number of carbonyl (C=O) groups is 2. The molecule has 0 aromatic heterocycles. The van der Waals surface area contributed by atoms with E-state index in [9.17, 15) is 9.59 Å². The Morgan fingerprint density at radius 2 is 1.29 bits per heavy atom. The van der Waals surface area contributed by atoms with E-state index in [0.717, 1.165) is 25.7 Å². The van der Waals surface area contributed by atoms with Crippen molar-refractivity contribution >= 4 is 37.2 Å². The number of thiol groups is 2. The third-order valence-electron chi connectivity index (χ3n) is 4.53. The van der Waals surface area contributed by atoms with Gasteiger partial charge in [-0.2, -0.15) is 25.3 Å². The highest BCUT2D eigenvalue weighted by Gasteiger charge is 2.35. The highest BCUT2D eigenvalue weighted by atomic mass is 32.1. The first-order valence-corrected chi connectivity index (χ1v) is 10.0. The molecule has 0 aromatic rings. The second-order valence-corrected chi connectivity index (χ2v) is 8.92. The van der Waals surface area contributed by atoms with Crippen LogP contribution in [-0.2, 0) is 19.1 Å². The highest BCUT2D eigenvalue weighted by molar-refractivity contribution is 7.81. The van der Waals surface area contributed by atoms with E-state index in [4.69, 9.17) is 9.47 Å². The number of rotatable bonds is 10. The Morgan fingerprint density at radius 1 is 0.875 bits per heavy atom. The summed E-state index contributed by atoms with van der Waals surface area (Å²) in [5.74, 6) is -0.368. The van der Waals surface area contributed by atoms with Crippen LogP contribution < -0.4 is 0 Å². The van der Waals surface area contributed by atoms with Gasteiger partial charge in [-0.05, 0) is 36.2 Å². The van der Waals surface area contributed by atoms with Crippen LogP contribution in [0.1, 0.15) is 71.6 Å². The van der Waals surface area contributed by atoms with Crippen LogP contribution in [0.5, 0.6) is 0 Å². The monoisotopic (exact) mass is 376 g/mol. The van der Waals surface area contributed by atoms with Gasteiger partial charge in [0, 0.05) is 18.3 Å². The van der Waals surface area contributed by atoms with Crippen LogP contribution in [0.2, 0.25) is 0 Å². The quantitative estimate of drug-likeness (QED) is 0.443. The molecule has 0 saturated heterocycles. The third kappa shape index (κ3) is 9.21. The second kappa shape index (κ2) is 11.3. The zero-order valence-corrected chi connectivity index (χ0v) is 16.7. The van der Waals surface area contributed by atoms with Crippen LogP contribution in [0.25, 0.3) is 0 Å². The summed E-state index contributed by atoms with van der Waals surface area (Å²) >= 11 is 8.56. The van der Waals surface area contributed by atoms with E-state index in [1.807, 2.05) is 13.8 Å². The van der Waals surface area contributed by atoms with Crippen LogP contribution in [-0.4, -0.2) is 35.7 Å². The molecule has 140 valence electrons. The first kappa shape index (κ1) is 21.7. The van der Waals surface area contributed by atoms with Gasteiger partial charge in [-0.25, -0.2) is 0 Å². The predicted molar refractivity (Wildman–Crippen MR) is 103 cm³/mol. The van der Waals surface area contributed by atoms with Crippen LogP contribution in [0.4, 0.5) is 0 Å². The van der Waals surface area contributed by atoms with Crippen LogP contribution in [0.3, 0.4) is 0 Å². The van der Waals surface area contributed by atoms with Crippen molar-refractivity contribution in [2.24, 2.45) is 5.41 Å². The Labute approximate surface area is 157 Å². The van der Waals surface area contributed by atoms with Crippen molar-refractivity contribution in [1.29, 1.82) is 0 Å². The van der Waals surface area contributed by atoms with Crippen molar-refractivity contribution < 1.29 is 19.1 Å². The summed E-state index contributed by atoms with van der Waals surface area (Å²) < 4.78 is 11.0. The molecule has 0 bridgehead atoms. The molecule has 2 atom stereocenters. The lowest BCUT2D eigenvalue weighted by Gasteiger charge is -2.36. The molecule has 0 aromatic carbocycles. The fourth-order valence-electron chi connectivity index (χ4n) is 2.90. The molecule has 4 nitrogen and oxygen atoms in total. The molecule has 1 rings (SSSR count). The second-order valence-electron chi connectivity index (χ2n) is 7.16. The van der Waals surface area contributed by atoms with Gasteiger partial charge in [0.05, 0.1) is 0 Å². The van der Waals surface area contributed by atoms with Crippen LogP contribution in [0, 0.1) is 5.41 Å². The smallest absolute Gasteiger partial charge is 0.305 e. The van der Waals surface area contributed by atoms with Gasteiger partial charge in [0.2, 0.25) is 0 Å². The van der Waals surface area contributed by atoms with Crippen molar-refractivity contribution in [1.82, 2.24) is 0 Å². The summed E-state index contributed by atoms with van der Waals surface area (Å²) in [6, 6.07) is 0. The number of carbonyl (C=O) groups excluding carboxylic acids is 2. The van der Waals surface area contributed by atoms with Crippen molar-refractivity contribution in [2.75, 3.05) is 13.2 Å². The molecule has 24 heavy (non-hydrogen) atoms. The van der Waals surface area contributed by atoms with E-state index >= 15 is 0 Å². The third-order valence-corrected chi connectivity index (χ3v) is 5.04. The van der Waals surface area contributed by atoms with E-state index in [2.05, 4.69) is 25.3 Å². The van der Waals surface area contributed by atoms with Crippen molar-refractivity contribution in [3.05, 3.63) is 0 Å². The van der Waals surface area contributed by atoms with Gasteiger partial charge in [-0.15, -0.1) is 0 Å². The molecule has 1 fully saturated rings. The molecule has 1 saturated carbocycles. The molecule has 0 spiro atoms. The minimum absolute atomic E-state index is 0.184. The minimum atomic E-state index is -0.206. The summed E-state index contributed by atoms with van der Waals surface area (Å²) in [6.07, 6.45) is 7.47. The fourth-order valence-corrected chi connectivity index (χ4v) is 3.16. The largest absolute Gasteiger partial charge is 0.465 e. The molecule has 0 amide bonds. The summed E-state index contributed by atoms with van der Waals surface area (Å²) in [6.45, 7) is 4.63. The fraction of sp³-hybridized carbons (Fsp3) is 0.889. The maximum Gasteiger partial charge on any atom is 0.305 e. The van der Waals surface area contributed by atoms with Gasteiger partial charge in [0.15, 0.2) is 0 Å². The highest BCUT2D eigenvalue weighted by Crippen LogP contribution is 2.37. The van der Waals surface area contributed by atoms with Crippen molar-refractivity contribution in [2.45, 2.75) is 82.1 Å². The lowest BCUT2D eigenvalue weighted by Crippen LogP contribution is -2.36. The number of ether oxygens (including phenoxy) is 2. The Balaban J connectivity index is 2.44. The van der Waals surface area contributed by atoms with E-state index in [1.165, 1.54) is 6.42 Å². The zero-order chi connectivity index (χ0) is 18.0. The minimum Gasteiger partial charge on any atom is -0.465 e. The van der Waals surface area contributed by atoms with E-state index in [1.54, 1.807) is 0 Å². The zero-order valence-electron chi connectivity index (χ0n) is 15.0. The molecule has 0 N–H and O–H groups in total. The van der Waals surface area contributed by atoms with Gasteiger partial charge in [0.1, 0.15) is 13.2 Å². The topological polar surface area (TPSA) is 52.6 Å². The van der Waals surface area contributed by atoms with Gasteiger partial charge < -0.3 is 9.47 Å². The molecular weight excluding hydrogens is 344 g/mol. The van der Waals surface area contributed by atoms with Crippen LogP contribution in [0.15, 0.2) is 0 Å². The molecular formula is C18H32O4S2. The predicted octanol–water partition coefficient (Wildman–Crippen LogP) is 4.22. The van der Waals surface area contributed by atoms with E-state index in [0.29, 0.717) is 38.9 Å². The standard InChI is InChI=1S/C18H32O4S2/c1-14(23)6-8-16(19)21-12-18(10-4-3-5-11-18)13-22-17(20)9-7-15(2)24/h14-15,23-24H,3-13H2,1-2H3. The molecule has 0 heterocycles. The van der Waals surface area contributed by atoms with Gasteiger partial charge in [-0.1, -0.05) is 33.1 Å². The van der Waals surface area contributed by atoms with Crippen molar-refractivity contribution in [3.8, 4) is 0 Å². The Bertz CT molecular complexity index is 360. The Morgan fingerprint density at radius 3 is 1.67 bits per heavy atom. The molecule has 0 aliphatic heterocycles. The van der Waals surface area contributed by atoms with Gasteiger partial charge in [0.25, 0.3) is 0 Å². The van der Waals surface area contributed by atoms with Crippen LogP contribution >= 0.6 is 25.3 Å². The van der Waals surface area contributed by atoms with E-state index in [-0.39, 0.29) is 27.9 Å². The number of hydrogen-bond acceptors (Lipinski definition) is 6. The molecule has 1 aliphatic carbocycles. The average molecular weight is 377 g/mol. The van der Waals surface area contributed by atoms with E-state index < -0.39 is 0 Å². The maximum atomic E-state index is 11.9. The lowest BCUT2D eigenvalue weighted by molar-refractivity contribution is -0.156. The average Bonchev–Trinajstić information content (AvgIpc) is 2.55. The summed E-state index contributed by atoms with van der Waals surface area (Å²) in [7, 11) is 0. The first-order chi connectivity index (χ1) is 11.3. The molecule has 0 radical (unpaired) electrons. The lowest BCUT2D eigenvalue weighted by atomic mass is 9.75. The summed E-state index contributed by atoms with van der Waals surface area (Å²) in [4.78, 5) is 23.8. The summed E-state index contributed by atoms with van der Waals surface area (Å²) in [5.41, 5.74) is -0.206. The first-order valence-electron chi connectivity index (χ1n) is 9.00. The van der Waals surface area contributed by atoms with Gasteiger partial charge in [-0.3, -0.25) is 9.59 Å². The van der Waals surface area contributed by atoms with Crippen molar-refractivity contribution in [3.63, 3.8) is 0 Å².